The minimum atomic E-state index is 0.514. The SMILES string of the molecule is CC12CCCCC1C1=CCC3C4CCCCC4CCC3(C)C1(C)CC2. The van der Waals surface area contributed by atoms with Crippen molar-refractivity contribution in [1.29, 1.82) is 0 Å². The van der Waals surface area contributed by atoms with E-state index in [1.54, 1.807) is 19.3 Å². The van der Waals surface area contributed by atoms with Crippen molar-refractivity contribution >= 4 is 0 Å². The highest BCUT2D eigenvalue weighted by atomic mass is 14.7. The summed E-state index contributed by atoms with van der Waals surface area (Å²) in [5.74, 6) is 4.05. The summed E-state index contributed by atoms with van der Waals surface area (Å²) >= 11 is 0. The lowest BCUT2D eigenvalue weighted by Gasteiger charge is -2.66. The summed E-state index contributed by atoms with van der Waals surface area (Å²) in [6.45, 7) is 8.12. The molecule has 0 spiro atoms. The van der Waals surface area contributed by atoms with Crippen LogP contribution in [0.4, 0.5) is 0 Å². The number of hydrogen-bond acceptors (Lipinski definition) is 0. The van der Waals surface area contributed by atoms with Gasteiger partial charge in [0.15, 0.2) is 0 Å². The predicted molar refractivity (Wildman–Crippen MR) is 106 cm³/mol. The lowest BCUT2D eigenvalue weighted by Crippen LogP contribution is -2.58. The van der Waals surface area contributed by atoms with Crippen molar-refractivity contribution in [3.05, 3.63) is 11.6 Å². The first-order valence-corrected chi connectivity index (χ1v) is 11.7. The zero-order valence-corrected chi connectivity index (χ0v) is 17.1. The largest absolute Gasteiger partial charge is 0.0842 e. The Bertz CT molecular complexity index is 573. The van der Waals surface area contributed by atoms with E-state index < -0.39 is 0 Å². The second kappa shape index (κ2) is 5.62. The van der Waals surface area contributed by atoms with E-state index >= 15 is 0 Å². The minimum Gasteiger partial charge on any atom is -0.0842 e. The summed E-state index contributed by atoms with van der Waals surface area (Å²) in [5.41, 5.74) is 3.69. The van der Waals surface area contributed by atoms with Crippen molar-refractivity contribution < 1.29 is 0 Å². The summed E-state index contributed by atoms with van der Waals surface area (Å²) in [6.07, 6.45) is 22.4. The quantitative estimate of drug-likeness (QED) is 0.400. The van der Waals surface area contributed by atoms with E-state index in [1.165, 1.54) is 64.2 Å². The van der Waals surface area contributed by atoms with E-state index in [4.69, 9.17) is 0 Å². The third kappa shape index (κ3) is 2.18. The molecule has 0 heteroatoms. The van der Waals surface area contributed by atoms with Gasteiger partial charge in [-0.05, 0) is 91.3 Å². The molecule has 0 bridgehead atoms. The molecule has 0 heterocycles. The van der Waals surface area contributed by atoms with E-state index in [9.17, 15) is 0 Å². The number of hydrogen-bond donors (Lipinski definition) is 0. The van der Waals surface area contributed by atoms with Crippen molar-refractivity contribution in [3.63, 3.8) is 0 Å². The van der Waals surface area contributed by atoms with Crippen LogP contribution in [0, 0.1) is 39.9 Å². The summed E-state index contributed by atoms with van der Waals surface area (Å²) < 4.78 is 0. The van der Waals surface area contributed by atoms with Crippen LogP contribution >= 0.6 is 0 Å². The Labute approximate surface area is 156 Å². The second-order valence-corrected chi connectivity index (χ2v) is 11.5. The smallest absolute Gasteiger partial charge is 0.00566 e. The predicted octanol–water partition coefficient (Wildman–Crippen LogP) is 7.54. The third-order valence-electron chi connectivity index (χ3n) is 10.7. The number of allylic oxidation sites excluding steroid dienone is 2. The van der Waals surface area contributed by atoms with Gasteiger partial charge in [-0.25, -0.2) is 0 Å². The van der Waals surface area contributed by atoms with Crippen molar-refractivity contribution in [1.82, 2.24) is 0 Å². The monoisotopic (exact) mass is 340 g/mol. The molecule has 5 aliphatic carbocycles. The molecule has 0 aromatic heterocycles. The molecule has 0 aliphatic heterocycles. The molecule has 140 valence electrons. The maximum Gasteiger partial charge on any atom is -0.00566 e. The van der Waals surface area contributed by atoms with Crippen LogP contribution in [0.25, 0.3) is 0 Å². The summed E-state index contributed by atoms with van der Waals surface area (Å²) in [5, 5.41) is 0. The Morgan fingerprint density at radius 3 is 2.48 bits per heavy atom. The first-order chi connectivity index (χ1) is 12.0. The Kier molecular flexibility index (Phi) is 3.79. The lowest BCUT2D eigenvalue weighted by atomic mass is 9.38. The highest BCUT2D eigenvalue weighted by Crippen LogP contribution is 2.71. The van der Waals surface area contributed by atoms with Crippen LogP contribution in [0.5, 0.6) is 0 Å². The van der Waals surface area contributed by atoms with E-state index in [-0.39, 0.29) is 0 Å². The van der Waals surface area contributed by atoms with Crippen LogP contribution in [0.1, 0.15) is 104 Å². The fraction of sp³-hybridized carbons (Fsp3) is 0.920. The standard InChI is InChI=1S/C25H40/c1-23-14-7-6-10-21(23)22-12-11-20-19-9-5-4-8-18(19)13-15-24(20,2)25(22,3)17-16-23/h12,18-21H,4-11,13-17H2,1-3H3. The maximum absolute atomic E-state index is 2.83. The molecule has 0 N–H and O–H groups in total. The molecular formula is C25H40. The molecule has 0 saturated heterocycles. The van der Waals surface area contributed by atoms with Gasteiger partial charge in [0.05, 0.1) is 0 Å². The van der Waals surface area contributed by atoms with E-state index in [0.717, 1.165) is 23.7 Å². The molecule has 7 atom stereocenters. The molecule has 0 aromatic carbocycles. The minimum absolute atomic E-state index is 0.514. The van der Waals surface area contributed by atoms with Gasteiger partial charge in [-0.3, -0.25) is 0 Å². The maximum atomic E-state index is 2.83. The van der Waals surface area contributed by atoms with Crippen molar-refractivity contribution in [3.8, 4) is 0 Å². The van der Waals surface area contributed by atoms with Crippen LogP contribution < -0.4 is 0 Å². The van der Waals surface area contributed by atoms with Crippen LogP contribution in [0.15, 0.2) is 11.6 Å². The van der Waals surface area contributed by atoms with E-state index in [1.807, 2.05) is 5.57 Å². The average molecular weight is 341 g/mol. The molecule has 0 amide bonds. The Morgan fingerprint density at radius 1 is 0.800 bits per heavy atom. The van der Waals surface area contributed by atoms with Crippen LogP contribution in [-0.4, -0.2) is 0 Å². The second-order valence-electron chi connectivity index (χ2n) is 11.5. The highest BCUT2D eigenvalue weighted by molar-refractivity contribution is 5.31. The third-order valence-corrected chi connectivity index (χ3v) is 10.7. The van der Waals surface area contributed by atoms with Gasteiger partial charge in [0.1, 0.15) is 0 Å². The van der Waals surface area contributed by atoms with Gasteiger partial charge >= 0.3 is 0 Å². The molecule has 0 nitrogen and oxygen atoms in total. The van der Waals surface area contributed by atoms with Gasteiger partial charge in [0, 0.05) is 0 Å². The molecule has 7 unspecified atom stereocenters. The molecule has 0 aromatic rings. The van der Waals surface area contributed by atoms with Crippen molar-refractivity contribution in [2.45, 2.75) is 104 Å². The van der Waals surface area contributed by atoms with Crippen LogP contribution in [0.3, 0.4) is 0 Å². The normalized spacial score (nSPS) is 55.2. The van der Waals surface area contributed by atoms with Crippen LogP contribution in [0.2, 0.25) is 0 Å². The first kappa shape index (κ1) is 16.9. The van der Waals surface area contributed by atoms with E-state index in [0.29, 0.717) is 16.2 Å². The zero-order valence-electron chi connectivity index (χ0n) is 17.1. The molecular weight excluding hydrogens is 300 g/mol. The fourth-order valence-corrected chi connectivity index (χ4v) is 8.92. The highest BCUT2D eigenvalue weighted by Gasteiger charge is 2.62. The van der Waals surface area contributed by atoms with Crippen LogP contribution in [-0.2, 0) is 0 Å². The van der Waals surface area contributed by atoms with Gasteiger partial charge in [0.2, 0.25) is 0 Å². The summed E-state index contributed by atoms with van der Waals surface area (Å²) in [7, 11) is 0. The van der Waals surface area contributed by atoms with Gasteiger partial charge in [-0.1, -0.05) is 64.5 Å². The molecule has 5 rings (SSSR count). The molecule has 4 saturated carbocycles. The Balaban J connectivity index is 1.54. The lowest BCUT2D eigenvalue weighted by molar-refractivity contribution is -0.112. The summed E-state index contributed by atoms with van der Waals surface area (Å²) in [6, 6.07) is 0. The van der Waals surface area contributed by atoms with Gasteiger partial charge in [-0.2, -0.15) is 0 Å². The molecule has 4 fully saturated rings. The molecule has 0 radical (unpaired) electrons. The molecule has 25 heavy (non-hydrogen) atoms. The van der Waals surface area contributed by atoms with Gasteiger partial charge < -0.3 is 0 Å². The topological polar surface area (TPSA) is 0 Å². The Hall–Kier alpha value is -0.260. The Morgan fingerprint density at radius 2 is 1.60 bits per heavy atom. The van der Waals surface area contributed by atoms with Gasteiger partial charge in [-0.15, -0.1) is 0 Å². The van der Waals surface area contributed by atoms with E-state index in [2.05, 4.69) is 26.8 Å². The van der Waals surface area contributed by atoms with Crippen molar-refractivity contribution in [2.75, 3.05) is 0 Å². The van der Waals surface area contributed by atoms with Crippen molar-refractivity contribution in [2.24, 2.45) is 39.9 Å². The number of rotatable bonds is 0. The number of fused-ring (bicyclic) bond motifs is 7. The van der Waals surface area contributed by atoms with Gasteiger partial charge in [0.25, 0.3) is 0 Å². The molecule has 5 aliphatic rings. The summed E-state index contributed by atoms with van der Waals surface area (Å²) in [4.78, 5) is 0. The first-order valence-electron chi connectivity index (χ1n) is 11.7. The average Bonchev–Trinajstić information content (AvgIpc) is 2.62. The zero-order chi connectivity index (χ0) is 17.3. The fourth-order valence-electron chi connectivity index (χ4n) is 8.92.